The SMILES string of the molecule is NC(=O)[C@H]1CN(c2nc(-c3cccnc3)nc3ccccc23)c2ccccc2O1. The fraction of sp³-hybridized carbons (Fsp3) is 0.0909. The number of carbonyl (C=O) groups is 1. The minimum absolute atomic E-state index is 0.264. The number of anilines is 2. The van der Waals surface area contributed by atoms with Crippen LogP contribution >= 0.6 is 0 Å². The first-order chi connectivity index (χ1) is 14.2. The molecule has 0 fully saturated rings. The highest BCUT2D eigenvalue weighted by Gasteiger charge is 2.31. The Morgan fingerprint density at radius 3 is 2.69 bits per heavy atom. The van der Waals surface area contributed by atoms with Crippen molar-refractivity contribution in [2.75, 3.05) is 11.4 Å². The number of benzene rings is 2. The number of para-hydroxylation sites is 3. The van der Waals surface area contributed by atoms with Gasteiger partial charge in [0.15, 0.2) is 11.9 Å². The smallest absolute Gasteiger partial charge is 0.260 e. The van der Waals surface area contributed by atoms with Gasteiger partial charge in [-0.25, -0.2) is 9.97 Å². The molecule has 0 bridgehead atoms. The van der Waals surface area contributed by atoms with E-state index >= 15 is 0 Å². The summed E-state index contributed by atoms with van der Waals surface area (Å²) in [5.41, 5.74) is 8.01. The van der Waals surface area contributed by atoms with Crippen molar-refractivity contribution in [3.8, 4) is 17.1 Å². The molecular weight excluding hydrogens is 366 g/mol. The van der Waals surface area contributed by atoms with Gasteiger partial charge in [0.2, 0.25) is 0 Å². The Balaban J connectivity index is 1.74. The number of carbonyl (C=O) groups excluding carboxylic acids is 1. The van der Waals surface area contributed by atoms with E-state index in [9.17, 15) is 4.79 Å². The van der Waals surface area contributed by atoms with Crippen molar-refractivity contribution in [2.24, 2.45) is 5.73 Å². The van der Waals surface area contributed by atoms with Crippen LogP contribution in [0.15, 0.2) is 73.1 Å². The van der Waals surface area contributed by atoms with Gasteiger partial charge in [-0.3, -0.25) is 9.78 Å². The first-order valence-corrected chi connectivity index (χ1v) is 9.20. The summed E-state index contributed by atoms with van der Waals surface area (Å²) >= 11 is 0. The molecule has 0 radical (unpaired) electrons. The van der Waals surface area contributed by atoms with Gasteiger partial charge in [-0.1, -0.05) is 24.3 Å². The number of nitrogens with zero attached hydrogens (tertiary/aromatic N) is 4. The molecule has 1 atom stereocenters. The van der Waals surface area contributed by atoms with E-state index in [-0.39, 0.29) is 6.54 Å². The van der Waals surface area contributed by atoms with Crippen molar-refractivity contribution in [1.29, 1.82) is 0 Å². The molecule has 0 aliphatic carbocycles. The van der Waals surface area contributed by atoms with Crippen LogP contribution in [0.5, 0.6) is 5.75 Å². The summed E-state index contributed by atoms with van der Waals surface area (Å²) < 4.78 is 5.80. The largest absolute Gasteiger partial charge is 0.477 e. The second-order valence-electron chi connectivity index (χ2n) is 6.72. The second kappa shape index (κ2) is 6.87. The molecule has 7 nitrogen and oxygen atoms in total. The molecular formula is C22H17N5O2. The second-order valence-corrected chi connectivity index (χ2v) is 6.72. The summed E-state index contributed by atoms with van der Waals surface area (Å²) in [5, 5.41) is 0.875. The predicted molar refractivity (Wildman–Crippen MR) is 110 cm³/mol. The topological polar surface area (TPSA) is 94.2 Å². The third-order valence-corrected chi connectivity index (χ3v) is 4.85. The molecule has 142 valence electrons. The lowest BCUT2D eigenvalue weighted by Gasteiger charge is -2.34. The van der Waals surface area contributed by atoms with Crippen LogP contribution in [-0.4, -0.2) is 33.5 Å². The minimum Gasteiger partial charge on any atom is -0.477 e. The number of hydrogen-bond donors (Lipinski definition) is 1. The minimum atomic E-state index is -0.777. The van der Waals surface area contributed by atoms with Crippen LogP contribution in [0.25, 0.3) is 22.3 Å². The Morgan fingerprint density at radius 2 is 1.86 bits per heavy atom. The van der Waals surface area contributed by atoms with E-state index in [2.05, 4.69) is 4.98 Å². The van der Waals surface area contributed by atoms with Crippen molar-refractivity contribution in [1.82, 2.24) is 15.0 Å². The fourth-order valence-electron chi connectivity index (χ4n) is 3.47. The molecule has 7 heteroatoms. The Kier molecular flexibility index (Phi) is 4.05. The highest BCUT2D eigenvalue weighted by Crippen LogP contribution is 2.40. The van der Waals surface area contributed by atoms with Crippen molar-refractivity contribution < 1.29 is 9.53 Å². The Labute approximate surface area is 166 Å². The van der Waals surface area contributed by atoms with Gasteiger partial charge in [0.05, 0.1) is 17.7 Å². The third kappa shape index (κ3) is 3.02. The summed E-state index contributed by atoms with van der Waals surface area (Å²) in [5.74, 6) is 1.33. The number of aromatic nitrogens is 3. The Bertz CT molecular complexity index is 1210. The molecule has 0 saturated heterocycles. The van der Waals surface area contributed by atoms with Gasteiger partial charge < -0.3 is 15.4 Å². The molecule has 1 aliphatic rings. The average molecular weight is 383 g/mol. The van der Waals surface area contributed by atoms with Crippen LogP contribution in [0.1, 0.15) is 0 Å². The lowest BCUT2D eigenvalue weighted by molar-refractivity contribution is -0.124. The standard InChI is InChI=1S/C22H17N5O2/c23-20(28)19-13-27(17-9-3-4-10-18(17)29-19)22-15-7-1-2-8-16(15)25-21(26-22)14-6-5-11-24-12-14/h1-12,19H,13H2,(H2,23,28)/t19-/m1/s1. The van der Waals surface area contributed by atoms with Gasteiger partial charge in [0, 0.05) is 23.3 Å². The van der Waals surface area contributed by atoms with Gasteiger partial charge >= 0.3 is 0 Å². The van der Waals surface area contributed by atoms with Crippen molar-refractivity contribution >= 4 is 28.3 Å². The molecule has 2 aromatic heterocycles. The van der Waals surface area contributed by atoms with E-state index in [1.165, 1.54) is 0 Å². The van der Waals surface area contributed by atoms with Gasteiger partial charge in [-0.2, -0.15) is 0 Å². The highest BCUT2D eigenvalue weighted by atomic mass is 16.5. The quantitative estimate of drug-likeness (QED) is 0.584. The van der Waals surface area contributed by atoms with Crippen LogP contribution in [0, 0.1) is 0 Å². The number of pyridine rings is 1. The lowest BCUT2D eigenvalue weighted by Crippen LogP contribution is -2.45. The lowest BCUT2D eigenvalue weighted by atomic mass is 10.1. The van der Waals surface area contributed by atoms with E-state index in [1.54, 1.807) is 12.4 Å². The van der Waals surface area contributed by atoms with Gasteiger partial charge in [0.1, 0.15) is 11.6 Å². The summed E-state index contributed by atoms with van der Waals surface area (Å²) in [6, 6.07) is 19.1. The normalized spacial score (nSPS) is 15.6. The molecule has 1 amide bonds. The van der Waals surface area contributed by atoms with Crippen LogP contribution in [0.3, 0.4) is 0 Å². The number of hydrogen-bond acceptors (Lipinski definition) is 6. The van der Waals surface area contributed by atoms with Crippen molar-refractivity contribution in [3.05, 3.63) is 73.1 Å². The molecule has 1 aliphatic heterocycles. The maximum absolute atomic E-state index is 11.9. The number of nitrogens with two attached hydrogens (primary N) is 1. The Hall–Kier alpha value is -4.00. The van der Waals surface area contributed by atoms with E-state index in [0.717, 1.165) is 22.2 Å². The summed E-state index contributed by atoms with van der Waals surface area (Å²) in [4.78, 5) is 27.6. The van der Waals surface area contributed by atoms with E-state index in [1.807, 2.05) is 65.6 Å². The van der Waals surface area contributed by atoms with Crippen LogP contribution in [0.2, 0.25) is 0 Å². The first kappa shape index (κ1) is 17.1. The van der Waals surface area contributed by atoms with Crippen LogP contribution in [0.4, 0.5) is 11.5 Å². The summed E-state index contributed by atoms with van der Waals surface area (Å²) in [6.45, 7) is 0.264. The number of fused-ring (bicyclic) bond motifs is 2. The van der Waals surface area contributed by atoms with Crippen molar-refractivity contribution in [3.63, 3.8) is 0 Å². The molecule has 3 heterocycles. The van der Waals surface area contributed by atoms with Gasteiger partial charge in [0.25, 0.3) is 5.91 Å². The van der Waals surface area contributed by atoms with E-state index < -0.39 is 12.0 Å². The zero-order valence-corrected chi connectivity index (χ0v) is 15.4. The molecule has 0 unspecified atom stereocenters. The molecule has 2 aromatic carbocycles. The van der Waals surface area contributed by atoms with Crippen LogP contribution < -0.4 is 15.4 Å². The maximum atomic E-state index is 11.9. The molecule has 5 rings (SSSR count). The Morgan fingerprint density at radius 1 is 1.03 bits per heavy atom. The zero-order chi connectivity index (χ0) is 19.8. The maximum Gasteiger partial charge on any atom is 0.260 e. The monoisotopic (exact) mass is 383 g/mol. The molecule has 4 aromatic rings. The average Bonchev–Trinajstić information content (AvgIpc) is 2.78. The van der Waals surface area contributed by atoms with Crippen LogP contribution in [-0.2, 0) is 4.79 Å². The zero-order valence-electron chi connectivity index (χ0n) is 15.4. The van der Waals surface area contributed by atoms with E-state index in [4.69, 9.17) is 20.4 Å². The number of ether oxygens (including phenoxy) is 1. The summed E-state index contributed by atoms with van der Waals surface area (Å²) in [6.07, 6.45) is 2.66. The molecule has 2 N–H and O–H groups in total. The fourth-order valence-corrected chi connectivity index (χ4v) is 3.47. The predicted octanol–water partition coefficient (Wildman–Crippen LogP) is 3.08. The first-order valence-electron chi connectivity index (χ1n) is 9.20. The number of primary amides is 1. The molecule has 0 spiro atoms. The van der Waals surface area contributed by atoms with Crippen molar-refractivity contribution in [2.45, 2.75) is 6.10 Å². The summed E-state index contributed by atoms with van der Waals surface area (Å²) in [7, 11) is 0. The van der Waals surface area contributed by atoms with Gasteiger partial charge in [-0.15, -0.1) is 0 Å². The highest BCUT2D eigenvalue weighted by molar-refractivity contribution is 5.94. The molecule has 0 saturated carbocycles. The molecule has 29 heavy (non-hydrogen) atoms. The third-order valence-electron chi connectivity index (χ3n) is 4.85. The van der Waals surface area contributed by atoms with E-state index in [0.29, 0.717) is 17.4 Å². The number of rotatable bonds is 3. The van der Waals surface area contributed by atoms with Gasteiger partial charge in [-0.05, 0) is 36.4 Å². The number of amides is 1.